The second-order valence-electron chi connectivity index (χ2n) is 12.0. The monoisotopic (exact) mass is 598 g/mol. The number of carbonyl (C=O) groups excluding carboxylic acids is 1. The summed E-state index contributed by atoms with van der Waals surface area (Å²) in [5.41, 5.74) is 6.35. The molecule has 0 aliphatic rings. The van der Waals surface area contributed by atoms with Crippen LogP contribution in [0.5, 0.6) is 17.2 Å². The van der Waals surface area contributed by atoms with E-state index in [0.717, 1.165) is 22.3 Å². The molecule has 3 aromatic rings. The van der Waals surface area contributed by atoms with E-state index in [4.69, 9.17) is 32.7 Å². The normalized spacial score (nSPS) is 12.0. The van der Waals surface area contributed by atoms with E-state index in [2.05, 4.69) is 52.1 Å². The quantitative estimate of drug-likeness (QED) is 0.181. The molecule has 0 bridgehead atoms. The average Bonchev–Trinajstić information content (AvgIpc) is 2.87. The molecule has 2 N–H and O–H groups in total. The molecule has 41 heavy (non-hydrogen) atoms. The zero-order valence-electron chi connectivity index (χ0n) is 24.9. The van der Waals surface area contributed by atoms with E-state index in [1.165, 1.54) is 6.21 Å². The number of phenols is 1. The highest BCUT2D eigenvalue weighted by atomic mass is 35.5. The van der Waals surface area contributed by atoms with E-state index in [1.807, 2.05) is 37.3 Å². The molecule has 0 aliphatic carbocycles. The van der Waals surface area contributed by atoms with Crippen LogP contribution in [0.1, 0.15) is 82.7 Å². The number of ether oxygens (including phenoxy) is 2. The van der Waals surface area contributed by atoms with Crippen LogP contribution in [0.15, 0.2) is 53.6 Å². The number of halogens is 2. The van der Waals surface area contributed by atoms with Crippen LogP contribution in [0.2, 0.25) is 10.0 Å². The maximum absolute atomic E-state index is 12.6. The van der Waals surface area contributed by atoms with Crippen LogP contribution in [0.3, 0.4) is 0 Å². The third-order valence-electron chi connectivity index (χ3n) is 6.49. The van der Waals surface area contributed by atoms with Crippen molar-refractivity contribution >= 4 is 35.3 Å². The summed E-state index contributed by atoms with van der Waals surface area (Å²) in [7, 11) is 0. The molecule has 3 rings (SSSR count). The lowest BCUT2D eigenvalue weighted by Crippen LogP contribution is -2.20. The lowest BCUT2D eigenvalue weighted by Gasteiger charge is -2.28. The van der Waals surface area contributed by atoms with Crippen molar-refractivity contribution in [3.05, 3.63) is 86.4 Å². The molecule has 0 atom stereocenters. The molecule has 0 heterocycles. The molecule has 8 heteroatoms. The van der Waals surface area contributed by atoms with E-state index in [1.54, 1.807) is 18.2 Å². The lowest BCUT2D eigenvalue weighted by atomic mass is 9.78. The molecule has 0 aromatic heterocycles. The third kappa shape index (κ3) is 8.88. The largest absolute Gasteiger partial charge is 0.507 e. The number of phenolic OH excluding ortho intramolecular Hbond substituents is 1. The molecule has 0 saturated carbocycles. The van der Waals surface area contributed by atoms with Crippen molar-refractivity contribution in [2.75, 3.05) is 6.61 Å². The van der Waals surface area contributed by atoms with E-state index >= 15 is 0 Å². The van der Waals surface area contributed by atoms with Gasteiger partial charge in [-0.2, -0.15) is 5.10 Å². The Hall–Kier alpha value is -3.22. The van der Waals surface area contributed by atoms with Crippen molar-refractivity contribution in [2.45, 2.75) is 78.7 Å². The summed E-state index contributed by atoms with van der Waals surface area (Å²) >= 11 is 12.8. The molecule has 0 fully saturated rings. The first-order valence-corrected chi connectivity index (χ1v) is 14.5. The number of nitrogens with zero attached hydrogens (tertiary/aromatic N) is 1. The molecule has 0 unspecified atom stereocenters. The van der Waals surface area contributed by atoms with Gasteiger partial charge in [0.05, 0.1) is 17.8 Å². The summed E-state index contributed by atoms with van der Waals surface area (Å²) in [5.74, 6) is 0.983. The molecule has 1 amide bonds. The van der Waals surface area contributed by atoms with Gasteiger partial charge in [0.2, 0.25) is 5.91 Å². The van der Waals surface area contributed by atoms with E-state index in [0.29, 0.717) is 45.9 Å². The van der Waals surface area contributed by atoms with Gasteiger partial charge in [0.15, 0.2) is 11.5 Å². The van der Waals surface area contributed by atoms with Crippen LogP contribution in [0.4, 0.5) is 0 Å². The van der Waals surface area contributed by atoms with Crippen molar-refractivity contribution in [1.82, 2.24) is 5.43 Å². The summed E-state index contributed by atoms with van der Waals surface area (Å²) in [4.78, 5) is 12.6. The SMILES string of the molecule is CCOc1cc(/C=N\NC(=O)CCc2cc(C(C)(C)C)c(O)c(C(C)(C)C)c2)cc(Cl)c1OCc1ccccc1Cl. The van der Waals surface area contributed by atoms with Gasteiger partial charge in [-0.3, -0.25) is 4.79 Å². The minimum Gasteiger partial charge on any atom is -0.507 e. The highest BCUT2D eigenvalue weighted by Gasteiger charge is 2.26. The maximum atomic E-state index is 12.6. The number of amides is 1. The Labute approximate surface area is 253 Å². The Bertz CT molecular complexity index is 1370. The first-order chi connectivity index (χ1) is 19.2. The van der Waals surface area contributed by atoms with Gasteiger partial charge in [0, 0.05) is 17.0 Å². The van der Waals surface area contributed by atoms with Crippen molar-refractivity contribution < 1.29 is 19.4 Å². The summed E-state index contributed by atoms with van der Waals surface area (Å²) in [6.07, 6.45) is 2.28. The van der Waals surface area contributed by atoms with Gasteiger partial charge in [-0.15, -0.1) is 0 Å². The van der Waals surface area contributed by atoms with Crippen LogP contribution in [0, 0.1) is 0 Å². The molecule has 0 saturated heterocycles. The Morgan fingerprint density at radius 1 is 0.951 bits per heavy atom. The number of nitrogens with one attached hydrogen (secondary N) is 1. The number of hydrazone groups is 1. The number of hydrogen-bond donors (Lipinski definition) is 2. The van der Waals surface area contributed by atoms with Gasteiger partial charge in [-0.05, 0) is 64.6 Å². The molecular formula is C33H40Cl2N2O4. The fourth-order valence-electron chi connectivity index (χ4n) is 4.31. The molecular weight excluding hydrogens is 559 g/mol. The average molecular weight is 600 g/mol. The van der Waals surface area contributed by atoms with Crippen molar-refractivity contribution in [3.8, 4) is 17.2 Å². The second kappa shape index (κ2) is 13.6. The number of aromatic hydroxyl groups is 1. The molecule has 220 valence electrons. The van der Waals surface area contributed by atoms with Gasteiger partial charge < -0.3 is 14.6 Å². The molecule has 3 aromatic carbocycles. The van der Waals surface area contributed by atoms with E-state index in [9.17, 15) is 9.90 Å². The number of rotatable bonds is 10. The molecule has 0 aliphatic heterocycles. The third-order valence-corrected chi connectivity index (χ3v) is 7.14. The first-order valence-electron chi connectivity index (χ1n) is 13.7. The van der Waals surface area contributed by atoms with Gasteiger partial charge in [0.25, 0.3) is 0 Å². The van der Waals surface area contributed by atoms with Crippen LogP contribution in [-0.2, 0) is 28.7 Å². The first kappa shape index (κ1) is 32.3. The van der Waals surface area contributed by atoms with E-state index in [-0.39, 0.29) is 29.8 Å². The number of benzene rings is 3. The van der Waals surface area contributed by atoms with Gasteiger partial charge in [-0.25, -0.2) is 5.43 Å². The lowest BCUT2D eigenvalue weighted by molar-refractivity contribution is -0.121. The Morgan fingerprint density at radius 2 is 1.59 bits per heavy atom. The van der Waals surface area contributed by atoms with Crippen LogP contribution >= 0.6 is 23.2 Å². The summed E-state index contributed by atoms with van der Waals surface area (Å²) < 4.78 is 11.7. The van der Waals surface area contributed by atoms with E-state index < -0.39 is 0 Å². The number of hydrogen-bond acceptors (Lipinski definition) is 5. The molecule has 0 spiro atoms. The van der Waals surface area contributed by atoms with Crippen LogP contribution < -0.4 is 14.9 Å². The number of aryl methyl sites for hydroxylation is 1. The van der Waals surface area contributed by atoms with Crippen molar-refractivity contribution in [2.24, 2.45) is 5.10 Å². The Balaban J connectivity index is 1.68. The van der Waals surface area contributed by atoms with Crippen LogP contribution in [0.25, 0.3) is 0 Å². The number of carbonyl (C=O) groups is 1. The fraction of sp³-hybridized carbons (Fsp3) is 0.394. The second-order valence-corrected chi connectivity index (χ2v) is 12.8. The van der Waals surface area contributed by atoms with Crippen LogP contribution in [-0.4, -0.2) is 23.8 Å². The fourth-order valence-corrected chi connectivity index (χ4v) is 4.77. The zero-order chi connectivity index (χ0) is 30.4. The molecule has 6 nitrogen and oxygen atoms in total. The minimum atomic E-state index is -0.233. The highest BCUT2D eigenvalue weighted by Crippen LogP contribution is 2.40. The maximum Gasteiger partial charge on any atom is 0.240 e. The topological polar surface area (TPSA) is 80.2 Å². The van der Waals surface area contributed by atoms with Gasteiger partial charge in [-0.1, -0.05) is 95.1 Å². The van der Waals surface area contributed by atoms with Crippen molar-refractivity contribution in [3.63, 3.8) is 0 Å². The molecule has 0 radical (unpaired) electrons. The van der Waals surface area contributed by atoms with Crippen molar-refractivity contribution in [1.29, 1.82) is 0 Å². The smallest absolute Gasteiger partial charge is 0.240 e. The summed E-state index contributed by atoms with van der Waals surface area (Å²) in [6, 6.07) is 14.9. The predicted molar refractivity (Wildman–Crippen MR) is 168 cm³/mol. The Morgan fingerprint density at radius 3 is 2.17 bits per heavy atom. The standard InChI is InChI=1S/C33H40Cl2N2O4/c1-8-40-28-18-22(17-27(35)31(28)41-20-23-11-9-10-12-26(23)34)19-36-37-29(38)14-13-21-15-24(32(2,3)4)30(39)25(16-21)33(5,6)7/h9-12,15-19,39H,8,13-14,20H2,1-7H3,(H,37,38)/b36-19-. The highest BCUT2D eigenvalue weighted by molar-refractivity contribution is 6.32. The zero-order valence-corrected chi connectivity index (χ0v) is 26.4. The summed E-state index contributed by atoms with van der Waals surface area (Å²) in [6.45, 7) is 14.9. The Kier molecular flexibility index (Phi) is 10.7. The van der Waals surface area contributed by atoms with Gasteiger partial charge in [0.1, 0.15) is 12.4 Å². The predicted octanol–water partition coefficient (Wildman–Crippen LogP) is 8.35. The summed E-state index contributed by atoms with van der Waals surface area (Å²) in [5, 5.41) is 16.0. The van der Waals surface area contributed by atoms with Gasteiger partial charge >= 0.3 is 0 Å². The minimum absolute atomic E-state index is 0.222.